The van der Waals surface area contributed by atoms with Gasteiger partial charge in [-0.15, -0.1) is 0 Å². The third kappa shape index (κ3) is 8.64. The van der Waals surface area contributed by atoms with Crippen molar-refractivity contribution in [1.82, 2.24) is 20.4 Å². The second kappa shape index (κ2) is 10.5. The Morgan fingerprint density at radius 1 is 1.21 bits per heavy atom. The molecule has 13 heteroatoms. The zero-order valence-corrected chi connectivity index (χ0v) is 14.1. The molecule has 0 atom stereocenters. The van der Waals surface area contributed by atoms with Crippen molar-refractivity contribution in [2.24, 2.45) is 0 Å². The molecule has 0 aliphatic rings. The van der Waals surface area contributed by atoms with Crippen LogP contribution >= 0.6 is 0 Å². The summed E-state index contributed by atoms with van der Waals surface area (Å²) in [6, 6.07) is 3.53. The number of nitrogens with one attached hydrogen (secondary N) is 1. The molecule has 0 fully saturated rings. The van der Waals surface area contributed by atoms with E-state index in [-0.39, 0.29) is 18.9 Å². The number of alkyl halides is 3. The van der Waals surface area contributed by atoms with Gasteiger partial charge in [0.05, 0.1) is 6.42 Å². The van der Waals surface area contributed by atoms with Crippen LogP contribution in [0.5, 0.6) is 0 Å². The zero-order valence-electron chi connectivity index (χ0n) is 14.1. The molecule has 0 aliphatic heterocycles. The molecule has 1 amide bonds. The molecular formula is C15H14F3N5O5. The maximum Gasteiger partial charge on any atom is 0.430 e. The molecule has 0 spiro atoms. The van der Waals surface area contributed by atoms with Crippen molar-refractivity contribution in [1.29, 1.82) is 0 Å². The minimum Gasteiger partial charge on any atom is -0.542 e. The van der Waals surface area contributed by atoms with Gasteiger partial charge < -0.3 is 20.3 Å². The SMILES string of the molecule is O=C(O)CNC(=O)CC[n+]1ccc(-c2ncccn2)cn1.O=C([O-])C(F)(F)F. The molecule has 2 rings (SSSR count). The van der Waals surface area contributed by atoms with E-state index in [0.717, 1.165) is 5.56 Å². The Kier molecular flexibility index (Phi) is 8.40. The molecule has 2 N–H and O–H groups in total. The molecule has 2 aromatic heterocycles. The van der Waals surface area contributed by atoms with E-state index in [1.807, 2.05) is 0 Å². The van der Waals surface area contributed by atoms with Crippen molar-refractivity contribution >= 4 is 17.8 Å². The highest BCUT2D eigenvalue weighted by Gasteiger charge is 2.28. The highest BCUT2D eigenvalue weighted by atomic mass is 19.4. The fourth-order valence-electron chi connectivity index (χ4n) is 1.58. The molecule has 150 valence electrons. The van der Waals surface area contributed by atoms with Crippen molar-refractivity contribution in [2.45, 2.75) is 19.1 Å². The lowest BCUT2D eigenvalue weighted by Gasteiger charge is -2.03. The Morgan fingerprint density at radius 2 is 1.82 bits per heavy atom. The summed E-state index contributed by atoms with van der Waals surface area (Å²) in [5.74, 6) is -3.83. The summed E-state index contributed by atoms with van der Waals surface area (Å²) in [6.07, 6.45) is 1.60. The van der Waals surface area contributed by atoms with Crippen LogP contribution in [0.2, 0.25) is 0 Å². The Bertz CT molecular complexity index is 800. The smallest absolute Gasteiger partial charge is 0.430 e. The van der Waals surface area contributed by atoms with Gasteiger partial charge in [0.15, 0.2) is 18.6 Å². The molecule has 10 nitrogen and oxygen atoms in total. The van der Waals surface area contributed by atoms with Crippen LogP contribution < -0.4 is 15.1 Å². The number of carboxylic acids is 2. The second-order valence-electron chi connectivity index (χ2n) is 4.96. The number of hydrogen-bond donors (Lipinski definition) is 2. The number of aromatic nitrogens is 4. The van der Waals surface area contributed by atoms with Crippen LogP contribution in [0, 0.1) is 0 Å². The lowest BCUT2D eigenvalue weighted by Crippen LogP contribution is -2.40. The largest absolute Gasteiger partial charge is 0.542 e. The summed E-state index contributed by atoms with van der Waals surface area (Å²) in [5.41, 5.74) is 0.780. The Hall–Kier alpha value is -3.64. The van der Waals surface area contributed by atoms with Crippen LogP contribution in [0.25, 0.3) is 11.4 Å². The van der Waals surface area contributed by atoms with E-state index in [0.29, 0.717) is 12.4 Å². The lowest BCUT2D eigenvalue weighted by molar-refractivity contribution is -0.752. The molecule has 0 saturated heterocycles. The van der Waals surface area contributed by atoms with Crippen molar-refractivity contribution in [3.8, 4) is 11.4 Å². The number of halogens is 3. The minimum atomic E-state index is -5.19. The number of amides is 1. The van der Waals surface area contributed by atoms with Crippen LogP contribution in [0.1, 0.15) is 6.42 Å². The first kappa shape index (κ1) is 22.4. The molecule has 0 saturated carbocycles. The van der Waals surface area contributed by atoms with Gasteiger partial charge in [0.1, 0.15) is 18.7 Å². The number of rotatable bonds is 6. The minimum absolute atomic E-state index is 0.159. The lowest BCUT2D eigenvalue weighted by atomic mass is 10.3. The molecule has 2 aromatic rings. The fourth-order valence-corrected chi connectivity index (χ4v) is 1.58. The summed E-state index contributed by atoms with van der Waals surface area (Å²) in [4.78, 5) is 38.7. The van der Waals surface area contributed by atoms with E-state index in [9.17, 15) is 22.8 Å². The molecule has 28 heavy (non-hydrogen) atoms. The molecule has 0 bridgehead atoms. The fraction of sp³-hybridized carbons (Fsp3) is 0.267. The average Bonchev–Trinajstić information content (AvgIpc) is 2.65. The van der Waals surface area contributed by atoms with Crippen molar-refractivity contribution in [2.75, 3.05) is 6.54 Å². The molecule has 0 aromatic carbocycles. The van der Waals surface area contributed by atoms with Gasteiger partial charge in [0.25, 0.3) is 0 Å². The highest BCUT2D eigenvalue weighted by Crippen LogP contribution is 2.11. The number of aliphatic carboxylic acids is 2. The van der Waals surface area contributed by atoms with E-state index in [1.54, 1.807) is 41.6 Å². The topological polar surface area (TPSA) is 149 Å². The third-order valence-electron chi connectivity index (χ3n) is 2.83. The number of hydrogen-bond acceptors (Lipinski definition) is 7. The predicted octanol–water partition coefficient (Wildman–Crippen LogP) is -1.28. The Balaban J connectivity index is 0.000000480. The van der Waals surface area contributed by atoms with Gasteiger partial charge in [0.2, 0.25) is 5.91 Å². The Morgan fingerprint density at radius 3 is 2.29 bits per heavy atom. The number of aryl methyl sites for hydroxylation is 1. The van der Waals surface area contributed by atoms with E-state index in [2.05, 4.69) is 20.4 Å². The van der Waals surface area contributed by atoms with Crippen LogP contribution in [-0.2, 0) is 20.9 Å². The monoisotopic (exact) mass is 401 g/mol. The average molecular weight is 401 g/mol. The molecule has 0 radical (unpaired) electrons. The van der Waals surface area contributed by atoms with Gasteiger partial charge in [-0.05, 0) is 11.2 Å². The van der Waals surface area contributed by atoms with Gasteiger partial charge in [-0.2, -0.15) is 13.2 Å². The van der Waals surface area contributed by atoms with Crippen LogP contribution in [0.4, 0.5) is 13.2 Å². The molecule has 0 aliphatic carbocycles. The summed E-state index contributed by atoms with van der Waals surface area (Å²) in [7, 11) is 0. The predicted molar refractivity (Wildman–Crippen MR) is 81.8 cm³/mol. The van der Waals surface area contributed by atoms with Gasteiger partial charge in [-0.1, -0.05) is 4.68 Å². The number of carbonyl (C=O) groups is 3. The summed E-state index contributed by atoms with van der Waals surface area (Å²) in [5, 5.41) is 23.7. The normalized spacial score (nSPS) is 10.4. The number of nitrogens with zero attached hydrogens (tertiary/aromatic N) is 4. The van der Waals surface area contributed by atoms with E-state index in [4.69, 9.17) is 15.0 Å². The van der Waals surface area contributed by atoms with Gasteiger partial charge in [-0.25, -0.2) is 9.97 Å². The number of carbonyl (C=O) groups excluding carboxylic acids is 2. The highest BCUT2D eigenvalue weighted by molar-refractivity contribution is 5.80. The van der Waals surface area contributed by atoms with Crippen LogP contribution in [-0.4, -0.2) is 50.7 Å². The first-order valence-corrected chi connectivity index (χ1v) is 7.49. The summed E-state index contributed by atoms with van der Waals surface area (Å²) in [6.45, 7) is -0.0113. The van der Waals surface area contributed by atoms with E-state index < -0.39 is 18.1 Å². The maximum absolute atomic E-state index is 11.4. The van der Waals surface area contributed by atoms with Crippen molar-refractivity contribution in [3.05, 3.63) is 36.9 Å². The first-order valence-electron chi connectivity index (χ1n) is 7.49. The summed E-state index contributed by atoms with van der Waals surface area (Å²) < 4.78 is 33.1. The Labute approximate surface area is 155 Å². The molecular weight excluding hydrogens is 387 g/mol. The maximum atomic E-state index is 11.4. The molecule has 0 unspecified atom stereocenters. The van der Waals surface area contributed by atoms with Gasteiger partial charge in [0, 0.05) is 24.0 Å². The van der Waals surface area contributed by atoms with Gasteiger partial charge in [-0.3, -0.25) is 9.59 Å². The number of carboxylic acid groups (broad SMARTS) is 2. The van der Waals surface area contributed by atoms with Crippen molar-refractivity contribution in [3.63, 3.8) is 0 Å². The van der Waals surface area contributed by atoms with E-state index in [1.165, 1.54) is 0 Å². The second-order valence-corrected chi connectivity index (χ2v) is 4.96. The van der Waals surface area contributed by atoms with Gasteiger partial charge >= 0.3 is 12.1 Å². The quantitative estimate of drug-likeness (QED) is 0.568. The third-order valence-corrected chi connectivity index (χ3v) is 2.83. The standard InChI is InChI=1S/C13H13N5O3.C2HF3O2/c19-11(16-9-12(20)21)3-7-18-6-2-10(8-17-18)13-14-4-1-5-15-13;3-2(4,5)1(6)7/h1-2,4-6,8H,3,7,9H2,(H-,16,19,20,21);(H,6,7). The van der Waals surface area contributed by atoms with E-state index >= 15 is 0 Å². The zero-order chi connectivity index (χ0) is 21.2. The van der Waals surface area contributed by atoms with Crippen LogP contribution in [0.15, 0.2) is 36.9 Å². The van der Waals surface area contributed by atoms with Crippen molar-refractivity contribution < 1.29 is 42.4 Å². The molecule has 2 heterocycles. The van der Waals surface area contributed by atoms with Crippen LogP contribution in [0.3, 0.4) is 0 Å². The first-order chi connectivity index (χ1) is 13.1. The summed E-state index contributed by atoms with van der Waals surface area (Å²) >= 11 is 0.